The van der Waals surface area contributed by atoms with Crippen molar-refractivity contribution >= 4 is 12.8 Å². The molecule has 6 nitrogen and oxygen atoms in total. The minimum atomic E-state index is -1.32. The van der Waals surface area contributed by atoms with E-state index in [4.69, 9.17) is 0 Å². The normalized spacial score (nSPS) is 30.2. The summed E-state index contributed by atoms with van der Waals surface area (Å²) in [4.78, 5) is 22.6. The number of aliphatic hydroxyl groups is 2. The fourth-order valence-electron chi connectivity index (χ4n) is 1.07. The molecule has 0 aliphatic carbocycles. The van der Waals surface area contributed by atoms with Crippen molar-refractivity contribution in [2.45, 2.75) is 12.5 Å². The fraction of sp³-hybridized carbons (Fsp3) is 0.667. The van der Waals surface area contributed by atoms with Crippen LogP contribution in [0.1, 0.15) is 0 Å². The Morgan fingerprint density at radius 2 is 1.33 bits per heavy atom. The molecule has 1 rings (SSSR count). The molecular weight excluding hydrogens is 164 g/mol. The van der Waals surface area contributed by atoms with Crippen LogP contribution in [0.5, 0.6) is 0 Å². The summed E-state index contributed by atoms with van der Waals surface area (Å²) in [6.45, 7) is 0.473. The molecule has 1 aliphatic rings. The molecule has 1 fully saturated rings. The lowest BCUT2D eigenvalue weighted by atomic mass is 10.3. The first kappa shape index (κ1) is 8.95. The number of hydrogen-bond acceptors (Lipinski definition) is 4. The van der Waals surface area contributed by atoms with Crippen molar-refractivity contribution in [1.82, 2.24) is 9.80 Å². The van der Waals surface area contributed by atoms with Crippen molar-refractivity contribution in [3.05, 3.63) is 0 Å². The summed E-state index contributed by atoms with van der Waals surface area (Å²) in [6, 6.07) is 0. The Hall–Kier alpha value is -1.14. The second-order valence-corrected chi connectivity index (χ2v) is 2.51. The van der Waals surface area contributed by atoms with Crippen molar-refractivity contribution in [2.75, 3.05) is 13.1 Å². The summed E-state index contributed by atoms with van der Waals surface area (Å²) in [5.41, 5.74) is 0. The average molecular weight is 174 g/mol. The Kier molecular flexibility index (Phi) is 2.61. The van der Waals surface area contributed by atoms with Gasteiger partial charge in [0.2, 0.25) is 12.8 Å². The van der Waals surface area contributed by atoms with Gasteiger partial charge in [0.1, 0.15) is 0 Å². The SMILES string of the molecule is O=CN1CCN(C=O)[C@@H](O)[C@@H]1O. The molecule has 0 radical (unpaired) electrons. The second-order valence-electron chi connectivity index (χ2n) is 2.51. The van der Waals surface area contributed by atoms with E-state index >= 15 is 0 Å². The van der Waals surface area contributed by atoms with E-state index in [1.807, 2.05) is 0 Å². The molecule has 2 atom stereocenters. The Bertz CT molecular complexity index is 166. The van der Waals surface area contributed by atoms with Crippen molar-refractivity contribution in [1.29, 1.82) is 0 Å². The summed E-state index contributed by atoms with van der Waals surface area (Å²) >= 11 is 0. The van der Waals surface area contributed by atoms with Crippen LogP contribution in [0.2, 0.25) is 0 Å². The van der Waals surface area contributed by atoms with Crippen LogP contribution in [-0.2, 0) is 9.59 Å². The smallest absolute Gasteiger partial charge is 0.211 e. The number of carbonyl (C=O) groups is 2. The molecule has 1 aliphatic heterocycles. The molecule has 2 N–H and O–H groups in total. The third kappa shape index (κ3) is 1.39. The molecule has 0 spiro atoms. The summed E-state index contributed by atoms with van der Waals surface area (Å²) in [7, 11) is 0. The standard InChI is InChI=1S/C6H10N2O4/c9-3-7-1-2-8(4-10)6(12)5(7)11/h3-6,11-12H,1-2H2/t5-,6-/m0/s1. The lowest BCUT2D eigenvalue weighted by Gasteiger charge is -2.38. The molecule has 0 bridgehead atoms. The van der Waals surface area contributed by atoms with Crippen molar-refractivity contribution in [3.8, 4) is 0 Å². The van der Waals surface area contributed by atoms with E-state index in [2.05, 4.69) is 0 Å². The molecule has 12 heavy (non-hydrogen) atoms. The minimum Gasteiger partial charge on any atom is -0.369 e. The van der Waals surface area contributed by atoms with Crippen LogP contribution < -0.4 is 0 Å². The third-order valence-electron chi connectivity index (χ3n) is 1.83. The van der Waals surface area contributed by atoms with Crippen LogP contribution in [0.25, 0.3) is 0 Å². The minimum absolute atomic E-state index is 0.237. The van der Waals surface area contributed by atoms with Crippen LogP contribution in [0.15, 0.2) is 0 Å². The lowest BCUT2D eigenvalue weighted by molar-refractivity contribution is -0.181. The van der Waals surface area contributed by atoms with Gasteiger partial charge in [0.15, 0.2) is 12.5 Å². The van der Waals surface area contributed by atoms with E-state index in [9.17, 15) is 19.8 Å². The molecule has 1 saturated heterocycles. The monoisotopic (exact) mass is 174 g/mol. The van der Waals surface area contributed by atoms with Crippen LogP contribution in [-0.4, -0.2) is 58.4 Å². The molecule has 0 aromatic carbocycles. The van der Waals surface area contributed by atoms with Gasteiger partial charge >= 0.3 is 0 Å². The Labute approximate surface area is 69.0 Å². The van der Waals surface area contributed by atoms with Gasteiger partial charge in [-0.3, -0.25) is 9.59 Å². The number of hydrogen-bond donors (Lipinski definition) is 2. The van der Waals surface area contributed by atoms with Gasteiger partial charge in [-0.2, -0.15) is 0 Å². The van der Waals surface area contributed by atoms with Gasteiger partial charge in [-0.05, 0) is 0 Å². The number of amides is 2. The predicted molar refractivity (Wildman–Crippen MR) is 37.6 cm³/mol. The van der Waals surface area contributed by atoms with Gasteiger partial charge in [-0.1, -0.05) is 0 Å². The van der Waals surface area contributed by atoms with Gasteiger partial charge in [-0.15, -0.1) is 0 Å². The van der Waals surface area contributed by atoms with Gasteiger partial charge in [0.05, 0.1) is 0 Å². The van der Waals surface area contributed by atoms with Crippen LogP contribution in [0.4, 0.5) is 0 Å². The number of nitrogens with zero attached hydrogens (tertiary/aromatic N) is 2. The Morgan fingerprint density at radius 3 is 1.58 bits per heavy atom. The quantitative estimate of drug-likeness (QED) is 0.455. The first-order valence-corrected chi connectivity index (χ1v) is 3.49. The molecule has 2 amide bonds. The molecule has 0 aromatic rings. The summed E-state index contributed by atoms with van der Waals surface area (Å²) in [5, 5.41) is 18.4. The zero-order valence-electron chi connectivity index (χ0n) is 6.33. The lowest BCUT2D eigenvalue weighted by Crippen LogP contribution is -2.58. The van der Waals surface area contributed by atoms with E-state index in [0.717, 1.165) is 9.80 Å². The predicted octanol–water partition coefficient (Wildman–Crippen LogP) is -2.45. The Morgan fingerprint density at radius 1 is 1.00 bits per heavy atom. The number of piperazine rings is 1. The number of rotatable bonds is 2. The zero-order chi connectivity index (χ0) is 9.14. The van der Waals surface area contributed by atoms with Crippen LogP contribution in [0.3, 0.4) is 0 Å². The topological polar surface area (TPSA) is 81.1 Å². The average Bonchev–Trinajstić information content (AvgIpc) is 2.10. The molecular formula is C6H10N2O4. The van der Waals surface area contributed by atoms with E-state index in [-0.39, 0.29) is 13.1 Å². The van der Waals surface area contributed by atoms with E-state index < -0.39 is 12.5 Å². The highest BCUT2D eigenvalue weighted by Gasteiger charge is 2.32. The highest BCUT2D eigenvalue weighted by molar-refractivity contribution is 5.51. The molecule has 6 heteroatoms. The second kappa shape index (κ2) is 3.51. The largest absolute Gasteiger partial charge is 0.369 e. The molecule has 0 aromatic heterocycles. The third-order valence-corrected chi connectivity index (χ3v) is 1.83. The molecule has 1 heterocycles. The van der Waals surface area contributed by atoms with Gasteiger partial charge in [0, 0.05) is 13.1 Å². The molecule has 68 valence electrons. The van der Waals surface area contributed by atoms with Gasteiger partial charge < -0.3 is 20.0 Å². The van der Waals surface area contributed by atoms with Crippen molar-refractivity contribution in [2.24, 2.45) is 0 Å². The fourth-order valence-corrected chi connectivity index (χ4v) is 1.07. The number of carbonyl (C=O) groups excluding carboxylic acids is 2. The Balaban J connectivity index is 2.64. The van der Waals surface area contributed by atoms with Gasteiger partial charge in [0.25, 0.3) is 0 Å². The highest BCUT2D eigenvalue weighted by atomic mass is 16.4. The summed E-state index contributed by atoms with van der Waals surface area (Å²) in [5.74, 6) is 0. The van der Waals surface area contributed by atoms with Crippen molar-refractivity contribution in [3.63, 3.8) is 0 Å². The maximum Gasteiger partial charge on any atom is 0.211 e. The number of aliphatic hydroxyl groups excluding tert-OH is 2. The molecule has 0 unspecified atom stereocenters. The first-order chi connectivity index (χ1) is 5.70. The van der Waals surface area contributed by atoms with Crippen LogP contribution >= 0.6 is 0 Å². The van der Waals surface area contributed by atoms with Crippen LogP contribution in [0, 0.1) is 0 Å². The van der Waals surface area contributed by atoms with Gasteiger partial charge in [-0.25, -0.2) is 0 Å². The van der Waals surface area contributed by atoms with E-state index in [1.54, 1.807) is 0 Å². The highest BCUT2D eigenvalue weighted by Crippen LogP contribution is 2.09. The van der Waals surface area contributed by atoms with E-state index in [1.165, 1.54) is 0 Å². The summed E-state index contributed by atoms with van der Waals surface area (Å²) in [6.07, 6.45) is -1.76. The zero-order valence-corrected chi connectivity index (χ0v) is 6.33. The van der Waals surface area contributed by atoms with E-state index in [0.29, 0.717) is 12.8 Å². The van der Waals surface area contributed by atoms with Crippen molar-refractivity contribution < 1.29 is 19.8 Å². The molecule has 0 saturated carbocycles. The maximum absolute atomic E-state index is 10.3. The maximum atomic E-state index is 10.3. The summed E-state index contributed by atoms with van der Waals surface area (Å²) < 4.78 is 0. The first-order valence-electron chi connectivity index (χ1n) is 3.49.